The molecule has 4 nitrogen and oxygen atoms in total. The number of benzene rings is 1. The second-order valence-corrected chi connectivity index (χ2v) is 8.04. The predicted octanol–water partition coefficient (Wildman–Crippen LogP) is 2.03. The van der Waals surface area contributed by atoms with Crippen molar-refractivity contribution in [2.75, 3.05) is 19.4 Å². The molecule has 0 heterocycles. The second kappa shape index (κ2) is 7.64. The van der Waals surface area contributed by atoms with Gasteiger partial charge in [-0.15, -0.1) is 0 Å². The lowest BCUT2D eigenvalue weighted by atomic mass is 9.97. The van der Waals surface area contributed by atoms with Gasteiger partial charge in [0.1, 0.15) is 5.75 Å². The molecule has 1 atom stereocenters. The van der Waals surface area contributed by atoms with Gasteiger partial charge in [-0.25, -0.2) is 8.42 Å². The Kier molecular flexibility index (Phi) is 6.49. The number of rotatable bonds is 8. The summed E-state index contributed by atoms with van der Waals surface area (Å²) in [4.78, 5) is 0. The molecule has 1 rings (SSSR count). The lowest BCUT2D eigenvalue weighted by Gasteiger charge is -2.16. The molecule has 20 heavy (non-hydrogen) atoms. The molecule has 0 amide bonds. The summed E-state index contributed by atoms with van der Waals surface area (Å²) in [6.45, 7) is 3.93. The Hall–Kier alpha value is -1.07. The SMILES string of the molecule is COc1cccc(CC(CN)CCS(=O)(=O)C(C)C)c1. The van der Waals surface area contributed by atoms with E-state index in [0.717, 1.165) is 17.7 Å². The van der Waals surface area contributed by atoms with Gasteiger partial charge in [-0.2, -0.15) is 0 Å². The maximum absolute atomic E-state index is 11.8. The van der Waals surface area contributed by atoms with E-state index < -0.39 is 9.84 Å². The van der Waals surface area contributed by atoms with E-state index in [-0.39, 0.29) is 16.9 Å². The molecule has 114 valence electrons. The number of sulfone groups is 1. The van der Waals surface area contributed by atoms with Gasteiger partial charge in [-0.1, -0.05) is 12.1 Å². The Morgan fingerprint density at radius 3 is 2.55 bits per heavy atom. The van der Waals surface area contributed by atoms with Crippen LogP contribution in [0.3, 0.4) is 0 Å². The lowest BCUT2D eigenvalue weighted by Crippen LogP contribution is -2.24. The zero-order valence-electron chi connectivity index (χ0n) is 12.5. The summed E-state index contributed by atoms with van der Waals surface area (Å²) in [5, 5.41) is -0.322. The van der Waals surface area contributed by atoms with Crippen LogP contribution in [-0.4, -0.2) is 33.1 Å². The number of hydrogen-bond donors (Lipinski definition) is 1. The van der Waals surface area contributed by atoms with E-state index in [1.165, 1.54) is 0 Å². The molecule has 1 aromatic rings. The summed E-state index contributed by atoms with van der Waals surface area (Å²) < 4.78 is 28.9. The third-order valence-corrected chi connectivity index (χ3v) is 5.76. The van der Waals surface area contributed by atoms with Crippen LogP contribution in [0, 0.1) is 5.92 Å². The minimum Gasteiger partial charge on any atom is -0.497 e. The number of ether oxygens (including phenoxy) is 1. The number of hydrogen-bond acceptors (Lipinski definition) is 4. The summed E-state index contributed by atoms with van der Waals surface area (Å²) in [7, 11) is -1.36. The van der Waals surface area contributed by atoms with E-state index in [0.29, 0.717) is 13.0 Å². The normalized spacial score (nSPS) is 13.4. The summed E-state index contributed by atoms with van der Waals surface area (Å²) >= 11 is 0. The number of methoxy groups -OCH3 is 1. The quantitative estimate of drug-likeness (QED) is 0.797. The molecule has 0 aromatic heterocycles. The average molecular weight is 299 g/mol. The van der Waals surface area contributed by atoms with Crippen LogP contribution >= 0.6 is 0 Å². The van der Waals surface area contributed by atoms with Crippen molar-refractivity contribution >= 4 is 9.84 Å². The Labute approximate surface area is 122 Å². The van der Waals surface area contributed by atoms with Crippen LogP contribution in [-0.2, 0) is 16.3 Å². The fraction of sp³-hybridized carbons (Fsp3) is 0.600. The molecule has 0 bridgehead atoms. The maximum atomic E-state index is 11.8. The van der Waals surface area contributed by atoms with Gasteiger partial charge in [0, 0.05) is 0 Å². The highest BCUT2D eigenvalue weighted by Gasteiger charge is 2.18. The largest absolute Gasteiger partial charge is 0.497 e. The van der Waals surface area contributed by atoms with Crippen molar-refractivity contribution < 1.29 is 13.2 Å². The molecule has 2 N–H and O–H groups in total. The van der Waals surface area contributed by atoms with E-state index in [4.69, 9.17) is 10.5 Å². The molecule has 0 saturated carbocycles. The summed E-state index contributed by atoms with van der Waals surface area (Å²) in [5.74, 6) is 1.19. The molecule has 0 radical (unpaired) electrons. The monoisotopic (exact) mass is 299 g/mol. The zero-order chi connectivity index (χ0) is 15.2. The van der Waals surface area contributed by atoms with E-state index in [9.17, 15) is 8.42 Å². The minimum atomic E-state index is -2.99. The first-order chi connectivity index (χ1) is 9.39. The molecular formula is C15H25NO3S. The molecule has 0 aliphatic carbocycles. The minimum absolute atomic E-state index is 0.177. The molecule has 1 unspecified atom stereocenters. The van der Waals surface area contributed by atoms with Crippen LogP contribution in [0.5, 0.6) is 5.75 Å². The molecular weight excluding hydrogens is 274 g/mol. The number of nitrogens with two attached hydrogens (primary N) is 1. The van der Waals surface area contributed by atoms with Crippen LogP contribution in [0.25, 0.3) is 0 Å². The van der Waals surface area contributed by atoms with E-state index in [1.54, 1.807) is 21.0 Å². The van der Waals surface area contributed by atoms with Crippen LogP contribution < -0.4 is 10.5 Å². The van der Waals surface area contributed by atoms with Gasteiger partial charge < -0.3 is 10.5 Å². The summed E-state index contributed by atoms with van der Waals surface area (Å²) in [5.41, 5.74) is 6.90. The third kappa shape index (κ3) is 5.13. The first kappa shape index (κ1) is 17.0. The van der Waals surface area contributed by atoms with Crippen LogP contribution in [0.4, 0.5) is 0 Å². The van der Waals surface area contributed by atoms with Crippen molar-refractivity contribution in [1.29, 1.82) is 0 Å². The Balaban J connectivity index is 2.63. The van der Waals surface area contributed by atoms with Gasteiger partial charge in [0.15, 0.2) is 9.84 Å². The Morgan fingerprint density at radius 2 is 2.00 bits per heavy atom. The Bertz CT molecular complexity index is 512. The molecule has 0 aliphatic heterocycles. The highest BCUT2D eigenvalue weighted by molar-refractivity contribution is 7.91. The molecule has 0 aliphatic rings. The molecule has 1 aromatic carbocycles. The van der Waals surface area contributed by atoms with Crippen molar-refractivity contribution in [2.45, 2.75) is 31.9 Å². The van der Waals surface area contributed by atoms with Crippen molar-refractivity contribution in [2.24, 2.45) is 11.7 Å². The van der Waals surface area contributed by atoms with Crippen molar-refractivity contribution in [3.8, 4) is 5.75 Å². The van der Waals surface area contributed by atoms with Crippen molar-refractivity contribution in [1.82, 2.24) is 0 Å². The van der Waals surface area contributed by atoms with Gasteiger partial charge in [0.25, 0.3) is 0 Å². The zero-order valence-corrected chi connectivity index (χ0v) is 13.3. The molecule has 5 heteroatoms. The first-order valence-electron chi connectivity index (χ1n) is 6.93. The standard InChI is InChI=1S/C15H25NO3S/c1-12(2)20(17,18)8-7-14(11-16)9-13-5-4-6-15(10-13)19-3/h4-6,10,12,14H,7-9,11,16H2,1-3H3. The maximum Gasteiger partial charge on any atom is 0.152 e. The van der Waals surface area contributed by atoms with Crippen LogP contribution in [0.15, 0.2) is 24.3 Å². The van der Waals surface area contributed by atoms with Gasteiger partial charge in [0.2, 0.25) is 0 Å². The molecule has 0 spiro atoms. The summed E-state index contributed by atoms with van der Waals surface area (Å²) in [6, 6.07) is 7.82. The van der Waals surface area contributed by atoms with Gasteiger partial charge in [-0.3, -0.25) is 0 Å². The Morgan fingerprint density at radius 1 is 1.30 bits per heavy atom. The van der Waals surface area contributed by atoms with E-state index >= 15 is 0 Å². The second-order valence-electron chi connectivity index (χ2n) is 5.36. The smallest absolute Gasteiger partial charge is 0.152 e. The first-order valence-corrected chi connectivity index (χ1v) is 8.65. The predicted molar refractivity (Wildman–Crippen MR) is 82.8 cm³/mol. The highest BCUT2D eigenvalue weighted by atomic mass is 32.2. The van der Waals surface area contributed by atoms with Crippen LogP contribution in [0.1, 0.15) is 25.8 Å². The topological polar surface area (TPSA) is 69.4 Å². The summed E-state index contributed by atoms with van der Waals surface area (Å²) in [6.07, 6.45) is 1.38. The van der Waals surface area contributed by atoms with Gasteiger partial charge in [-0.05, 0) is 56.8 Å². The van der Waals surface area contributed by atoms with Crippen molar-refractivity contribution in [3.63, 3.8) is 0 Å². The molecule has 0 fully saturated rings. The van der Waals surface area contributed by atoms with E-state index in [1.807, 2.05) is 24.3 Å². The van der Waals surface area contributed by atoms with Crippen molar-refractivity contribution in [3.05, 3.63) is 29.8 Å². The van der Waals surface area contributed by atoms with Gasteiger partial charge in [0.05, 0.1) is 18.1 Å². The molecule has 0 saturated heterocycles. The van der Waals surface area contributed by atoms with Gasteiger partial charge >= 0.3 is 0 Å². The van der Waals surface area contributed by atoms with E-state index in [2.05, 4.69) is 0 Å². The average Bonchev–Trinajstić information content (AvgIpc) is 2.43. The highest BCUT2D eigenvalue weighted by Crippen LogP contribution is 2.18. The van der Waals surface area contributed by atoms with Crippen LogP contribution in [0.2, 0.25) is 0 Å². The lowest BCUT2D eigenvalue weighted by molar-refractivity contribution is 0.413. The fourth-order valence-corrected chi connectivity index (χ4v) is 3.14. The fourth-order valence-electron chi connectivity index (χ4n) is 2.00. The third-order valence-electron chi connectivity index (χ3n) is 3.52.